The lowest BCUT2D eigenvalue weighted by Crippen LogP contribution is -2.38. The van der Waals surface area contributed by atoms with Gasteiger partial charge in [0.1, 0.15) is 6.54 Å². The van der Waals surface area contributed by atoms with Gasteiger partial charge in [-0.2, -0.15) is 5.10 Å². The van der Waals surface area contributed by atoms with Crippen molar-refractivity contribution in [2.75, 3.05) is 11.5 Å². The lowest BCUT2D eigenvalue weighted by molar-refractivity contribution is -0.122. The number of rotatable bonds is 3. The van der Waals surface area contributed by atoms with Gasteiger partial charge < -0.3 is 5.32 Å². The van der Waals surface area contributed by atoms with E-state index in [0.717, 1.165) is 11.4 Å². The van der Waals surface area contributed by atoms with Crippen LogP contribution in [0.15, 0.2) is 6.07 Å². The summed E-state index contributed by atoms with van der Waals surface area (Å²) in [7, 11) is -2.96. The standard InChI is InChI=1S/C11H17N3O3S/c1-8-5-9(2)14(13-8)6-11(15)12-10-3-4-18(16,17)7-10/h5,10H,3-4,6-7H2,1-2H3,(H,12,15)/t10-/m0/s1. The minimum atomic E-state index is -2.96. The van der Waals surface area contributed by atoms with Crippen LogP contribution in [0, 0.1) is 13.8 Å². The van der Waals surface area contributed by atoms with Crippen molar-refractivity contribution in [1.29, 1.82) is 0 Å². The van der Waals surface area contributed by atoms with Gasteiger partial charge >= 0.3 is 0 Å². The maximum absolute atomic E-state index is 11.8. The molecule has 1 saturated heterocycles. The molecular weight excluding hydrogens is 254 g/mol. The molecule has 0 unspecified atom stereocenters. The molecule has 1 aromatic heterocycles. The van der Waals surface area contributed by atoms with E-state index in [0.29, 0.717) is 6.42 Å². The van der Waals surface area contributed by atoms with Crippen molar-refractivity contribution >= 4 is 15.7 Å². The fourth-order valence-corrected chi connectivity index (χ4v) is 3.83. The molecule has 1 amide bonds. The van der Waals surface area contributed by atoms with Crippen LogP contribution in [-0.4, -0.2) is 41.7 Å². The van der Waals surface area contributed by atoms with Crippen LogP contribution in [0.1, 0.15) is 17.8 Å². The van der Waals surface area contributed by atoms with Crippen molar-refractivity contribution in [2.45, 2.75) is 32.9 Å². The second-order valence-corrected chi connectivity index (χ2v) is 6.98. The van der Waals surface area contributed by atoms with Crippen LogP contribution in [0.5, 0.6) is 0 Å². The molecule has 18 heavy (non-hydrogen) atoms. The Morgan fingerprint density at radius 1 is 1.56 bits per heavy atom. The Bertz CT molecular complexity index is 562. The number of carbonyl (C=O) groups is 1. The summed E-state index contributed by atoms with van der Waals surface area (Å²) in [5, 5.41) is 6.93. The van der Waals surface area contributed by atoms with Gasteiger partial charge in [0.15, 0.2) is 9.84 Å². The number of carbonyl (C=O) groups excluding carboxylic acids is 1. The molecule has 0 aliphatic carbocycles. The average Bonchev–Trinajstić information content (AvgIpc) is 2.70. The fraction of sp³-hybridized carbons (Fsp3) is 0.636. The molecule has 0 bridgehead atoms. The van der Waals surface area contributed by atoms with E-state index in [1.165, 1.54) is 0 Å². The molecule has 2 rings (SSSR count). The summed E-state index contributed by atoms with van der Waals surface area (Å²) in [4.78, 5) is 11.8. The third kappa shape index (κ3) is 3.10. The zero-order valence-electron chi connectivity index (χ0n) is 10.5. The van der Waals surface area contributed by atoms with E-state index < -0.39 is 9.84 Å². The summed E-state index contributed by atoms with van der Waals surface area (Å²) in [5.41, 5.74) is 1.78. The van der Waals surface area contributed by atoms with Gasteiger partial charge in [-0.05, 0) is 26.3 Å². The first-order chi connectivity index (χ1) is 8.35. The Balaban J connectivity index is 1.92. The van der Waals surface area contributed by atoms with E-state index in [4.69, 9.17) is 0 Å². The van der Waals surface area contributed by atoms with E-state index in [-0.39, 0.29) is 30.0 Å². The summed E-state index contributed by atoms with van der Waals surface area (Å²) >= 11 is 0. The first-order valence-corrected chi connectivity index (χ1v) is 7.69. The highest BCUT2D eigenvalue weighted by Gasteiger charge is 2.28. The van der Waals surface area contributed by atoms with Crippen molar-refractivity contribution in [3.8, 4) is 0 Å². The Kier molecular flexibility index (Phi) is 3.43. The van der Waals surface area contributed by atoms with E-state index in [1.807, 2.05) is 19.9 Å². The number of hydrogen-bond acceptors (Lipinski definition) is 4. The number of amides is 1. The molecule has 0 aromatic carbocycles. The molecule has 1 aliphatic rings. The first-order valence-electron chi connectivity index (χ1n) is 5.86. The van der Waals surface area contributed by atoms with Crippen LogP contribution in [0.3, 0.4) is 0 Å². The fourth-order valence-electron chi connectivity index (χ4n) is 2.15. The van der Waals surface area contributed by atoms with Crippen molar-refractivity contribution in [2.24, 2.45) is 0 Å². The summed E-state index contributed by atoms with van der Waals surface area (Å²) in [5.74, 6) is 0.0246. The largest absolute Gasteiger partial charge is 0.351 e. The topological polar surface area (TPSA) is 81.1 Å². The second kappa shape index (κ2) is 4.72. The number of nitrogens with one attached hydrogen (secondary N) is 1. The number of aromatic nitrogens is 2. The minimum Gasteiger partial charge on any atom is -0.351 e. The normalized spacial score (nSPS) is 22.0. The van der Waals surface area contributed by atoms with Gasteiger partial charge in [-0.1, -0.05) is 0 Å². The smallest absolute Gasteiger partial charge is 0.241 e. The highest BCUT2D eigenvalue weighted by atomic mass is 32.2. The van der Waals surface area contributed by atoms with Gasteiger partial charge in [0.05, 0.1) is 17.2 Å². The highest BCUT2D eigenvalue weighted by Crippen LogP contribution is 2.11. The van der Waals surface area contributed by atoms with E-state index in [1.54, 1.807) is 4.68 Å². The maximum Gasteiger partial charge on any atom is 0.241 e. The predicted molar refractivity (Wildman–Crippen MR) is 66.9 cm³/mol. The summed E-state index contributed by atoms with van der Waals surface area (Å²) in [6.07, 6.45) is 0.505. The molecule has 0 radical (unpaired) electrons. The van der Waals surface area contributed by atoms with Crippen LogP contribution < -0.4 is 5.32 Å². The van der Waals surface area contributed by atoms with Crippen molar-refractivity contribution in [3.05, 3.63) is 17.5 Å². The molecule has 1 atom stereocenters. The molecule has 1 N–H and O–H groups in total. The third-order valence-corrected chi connectivity index (χ3v) is 4.76. The Hall–Kier alpha value is -1.37. The maximum atomic E-state index is 11.8. The molecular formula is C11H17N3O3S. The van der Waals surface area contributed by atoms with Gasteiger partial charge in [-0.3, -0.25) is 9.48 Å². The monoisotopic (exact) mass is 271 g/mol. The minimum absolute atomic E-state index is 0.0514. The zero-order valence-corrected chi connectivity index (χ0v) is 11.3. The van der Waals surface area contributed by atoms with Crippen LogP contribution in [0.4, 0.5) is 0 Å². The second-order valence-electron chi connectivity index (χ2n) is 4.75. The van der Waals surface area contributed by atoms with E-state index in [9.17, 15) is 13.2 Å². The summed E-state index contributed by atoms with van der Waals surface area (Å²) in [6.45, 7) is 3.88. The molecule has 100 valence electrons. The quantitative estimate of drug-likeness (QED) is 0.825. The molecule has 1 aliphatic heterocycles. The lowest BCUT2D eigenvalue weighted by Gasteiger charge is -2.11. The van der Waals surface area contributed by atoms with Gasteiger partial charge in [0.25, 0.3) is 0 Å². The van der Waals surface area contributed by atoms with Gasteiger partial charge in [-0.15, -0.1) is 0 Å². The molecule has 7 heteroatoms. The zero-order chi connectivity index (χ0) is 13.3. The molecule has 0 spiro atoms. The van der Waals surface area contributed by atoms with E-state index in [2.05, 4.69) is 10.4 Å². The number of hydrogen-bond donors (Lipinski definition) is 1. The van der Waals surface area contributed by atoms with Crippen LogP contribution in [0.25, 0.3) is 0 Å². The van der Waals surface area contributed by atoms with Crippen LogP contribution in [-0.2, 0) is 21.2 Å². The Morgan fingerprint density at radius 2 is 2.28 bits per heavy atom. The molecule has 1 fully saturated rings. The molecule has 6 nitrogen and oxygen atoms in total. The highest BCUT2D eigenvalue weighted by molar-refractivity contribution is 7.91. The van der Waals surface area contributed by atoms with Gasteiger partial charge in [0.2, 0.25) is 5.91 Å². The van der Waals surface area contributed by atoms with Crippen LogP contribution in [0.2, 0.25) is 0 Å². The molecule has 0 saturated carbocycles. The van der Waals surface area contributed by atoms with Gasteiger partial charge in [-0.25, -0.2) is 8.42 Å². The summed E-state index contributed by atoms with van der Waals surface area (Å²) in [6, 6.07) is 1.65. The van der Waals surface area contributed by atoms with E-state index >= 15 is 0 Å². The van der Waals surface area contributed by atoms with Crippen molar-refractivity contribution in [3.63, 3.8) is 0 Å². The lowest BCUT2D eigenvalue weighted by atomic mass is 10.2. The first kappa shape index (κ1) is 13.1. The Morgan fingerprint density at radius 3 is 2.78 bits per heavy atom. The number of sulfone groups is 1. The van der Waals surface area contributed by atoms with Crippen LogP contribution >= 0.6 is 0 Å². The van der Waals surface area contributed by atoms with Gasteiger partial charge in [0, 0.05) is 11.7 Å². The SMILES string of the molecule is Cc1cc(C)n(CC(=O)N[C@H]2CCS(=O)(=O)C2)n1. The average molecular weight is 271 g/mol. The predicted octanol–water partition coefficient (Wildman–Crippen LogP) is -0.197. The summed E-state index contributed by atoms with van der Waals surface area (Å²) < 4.78 is 24.2. The van der Waals surface area contributed by atoms with Crippen molar-refractivity contribution < 1.29 is 13.2 Å². The Labute approximate surface area is 106 Å². The number of aryl methyl sites for hydroxylation is 2. The number of nitrogens with zero attached hydrogens (tertiary/aromatic N) is 2. The molecule has 2 heterocycles. The molecule has 1 aromatic rings. The third-order valence-electron chi connectivity index (χ3n) is 2.99. The van der Waals surface area contributed by atoms with Crippen molar-refractivity contribution in [1.82, 2.24) is 15.1 Å².